The van der Waals surface area contributed by atoms with Gasteiger partial charge in [0.15, 0.2) is 0 Å². The van der Waals surface area contributed by atoms with Crippen LogP contribution in [0.5, 0.6) is 0 Å². The van der Waals surface area contributed by atoms with Gasteiger partial charge in [-0.05, 0) is 42.0 Å². The van der Waals surface area contributed by atoms with E-state index in [9.17, 15) is 13.2 Å². The molecule has 8 heteroatoms. The van der Waals surface area contributed by atoms with Gasteiger partial charge in [-0.25, -0.2) is 8.42 Å². The van der Waals surface area contributed by atoms with Gasteiger partial charge in [0.05, 0.1) is 11.4 Å². The maximum atomic E-state index is 12.5. The van der Waals surface area contributed by atoms with Crippen LogP contribution in [0.25, 0.3) is 0 Å². The number of nitrogens with one attached hydrogen (secondary N) is 1. The normalized spacial score (nSPS) is 15.6. The Morgan fingerprint density at radius 3 is 2.45 bits per heavy atom. The molecule has 29 heavy (non-hydrogen) atoms. The van der Waals surface area contributed by atoms with E-state index in [2.05, 4.69) is 14.7 Å². The maximum Gasteiger partial charge on any atom is 0.263 e. The van der Waals surface area contributed by atoms with E-state index in [0.29, 0.717) is 23.5 Å². The first kappa shape index (κ1) is 18.8. The van der Waals surface area contributed by atoms with E-state index in [-0.39, 0.29) is 10.8 Å². The third-order valence-corrected chi connectivity index (χ3v) is 6.04. The summed E-state index contributed by atoms with van der Waals surface area (Å²) in [5.41, 5.74) is 2.78. The van der Waals surface area contributed by atoms with Gasteiger partial charge in [-0.15, -0.1) is 0 Å². The molecular weight excluding hydrogens is 388 g/mol. The number of benzene rings is 2. The first-order valence-electron chi connectivity index (χ1n) is 8.89. The van der Waals surface area contributed by atoms with E-state index < -0.39 is 10.0 Å². The minimum absolute atomic E-state index is 0.127. The molecule has 0 aliphatic carbocycles. The second kappa shape index (κ2) is 7.48. The number of aliphatic imine (C=N–C) groups is 1. The SMILES string of the molecule is CN(C(=O)c1ccncc1)c1ccc(CN=C2NS(=O)(=O)c3ccccc32)cc1. The number of carbonyl (C=O) groups excluding carboxylic acids is 1. The fraction of sp³-hybridized carbons (Fsp3) is 0.0952. The lowest BCUT2D eigenvalue weighted by atomic mass is 10.1. The largest absolute Gasteiger partial charge is 0.311 e. The summed E-state index contributed by atoms with van der Waals surface area (Å²) in [6.45, 7) is 0.314. The monoisotopic (exact) mass is 406 g/mol. The number of amides is 1. The number of sulfonamides is 1. The zero-order valence-corrected chi connectivity index (χ0v) is 16.4. The second-order valence-electron chi connectivity index (χ2n) is 6.53. The van der Waals surface area contributed by atoms with E-state index in [1.807, 2.05) is 24.3 Å². The van der Waals surface area contributed by atoms with Crippen molar-refractivity contribution in [3.63, 3.8) is 0 Å². The number of hydrogen-bond donors (Lipinski definition) is 1. The quantitative estimate of drug-likeness (QED) is 0.721. The first-order valence-corrected chi connectivity index (χ1v) is 10.4. The minimum atomic E-state index is -3.54. The summed E-state index contributed by atoms with van der Waals surface area (Å²) in [5.74, 6) is 0.215. The molecule has 0 unspecified atom stereocenters. The Bertz CT molecular complexity index is 1190. The molecule has 0 spiro atoms. The van der Waals surface area contributed by atoms with Crippen LogP contribution in [-0.2, 0) is 16.6 Å². The van der Waals surface area contributed by atoms with Crippen LogP contribution in [-0.4, -0.2) is 32.2 Å². The Morgan fingerprint density at radius 2 is 1.72 bits per heavy atom. The number of rotatable bonds is 4. The molecule has 1 amide bonds. The van der Waals surface area contributed by atoms with Crippen LogP contribution >= 0.6 is 0 Å². The first-order chi connectivity index (χ1) is 14.0. The third kappa shape index (κ3) is 3.74. The van der Waals surface area contributed by atoms with Gasteiger partial charge in [-0.2, -0.15) is 0 Å². The number of aromatic nitrogens is 1. The molecule has 1 aliphatic heterocycles. The number of fused-ring (bicyclic) bond motifs is 1. The number of pyridine rings is 1. The van der Waals surface area contributed by atoms with E-state index in [0.717, 1.165) is 11.3 Å². The zero-order chi connectivity index (χ0) is 20.4. The minimum Gasteiger partial charge on any atom is -0.311 e. The smallest absolute Gasteiger partial charge is 0.263 e. The molecule has 2 aromatic carbocycles. The van der Waals surface area contributed by atoms with Crippen molar-refractivity contribution < 1.29 is 13.2 Å². The van der Waals surface area contributed by atoms with Crippen molar-refractivity contribution in [3.8, 4) is 0 Å². The predicted octanol–water partition coefficient (Wildman–Crippen LogP) is 2.60. The zero-order valence-electron chi connectivity index (χ0n) is 15.6. The number of nitrogens with zero attached hydrogens (tertiary/aromatic N) is 3. The van der Waals surface area contributed by atoms with Crippen molar-refractivity contribution in [2.24, 2.45) is 4.99 Å². The van der Waals surface area contributed by atoms with Gasteiger partial charge < -0.3 is 4.90 Å². The van der Waals surface area contributed by atoms with Gasteiger partial charge in [0, 0.05) is 36.3 Å². The van der Waals surface area contributed by atoms with E-state index in [4.69, 9.17) is 0 Å². The lowest BCUT2D eigenvalue weighted by Gasteiger charge is -2.17. The number of anilines is 1. The van der Waals surface area contributed by atoms with Gasteiger partial charge >= 0.3 is 0 Å². The molecule has 4 rings (SSSR count). The van der Waals surface area contributed by atoms with E-state index >= 15 is 0 Å². The van der Waals surface area contributed by atoms with Crippen LogP contribution in [0.3, 0.4) is 0 Å². The van der Waals surface area contributed by atoms with Gasteiger partial charge in [0.25, 0.3) is 15.9 Å². The number of hydrogen-bond acceptors (Lipinski definition) is 5. The van der Waals surface area contributed by atoms with Gasteiger partial charge in [-0.1, -0.05) is 24.3 Å². The Morgan fingerprint density at radius 1 is 1.03 bits per heavy atom. The molecular formula is C21H18N4O3S. The molecule has 1 aromatic heterocycles. The fourth-order valence-electron chi connectivity index (χ4n) is 3.05. The van der Waals surface area contributed by atoms with Crippen molar-refractivity contribution in [3.05, 3.63) is 89.7 Å². The molecule has 7 nitrogen and oxygen atoms in total. The summed E-state index contributed by atoms with van der Waals surface area (Å²) in [6.07, 6.45) is 3.16. The van der Waals surface area contributed by atoms with Gasteiger partial charge in [0.1, 0.15) is 5.84 Å². The van der Waals surface area contributed by atoms with Gasteiger partial charge in [-0.3, -0.25) is 19.5 Å². The average Bonchev–Trinajstić information content (AvgIpc) is 3.02. The highest BCUT2D eigenvalue weighted by molar-refractivity contribution is 7.90. The van der Waals surface area contributed by atoms with Crippen LogP contribution in [0.2, 0.25) is 0 Å². The molecule has 1 aliphatic rings. The summed E-state index contributed by atoms with van der Waals surface area (Å²) < 4.78 is 26.8. The lowest BCUT2D eigenvalue weighted by molar-refractivity contribution is 0.0993. The Balaban J connectivity index is 1.50. The van der Waals surface area contributed by atoms with Crippen LogP contribution < -0.4 is 9.62 Å². The van der Waals surface area contributed by atoms with Crippen LogP contribution in [0.1, 0.15) is 21.5 Å². The fourth-order valence-corrected chi connectivity index (χ4v) is 4.30. The molecule has 0 fully saturated rings. The molecule has 0 saturated carbocycles. The molecule has 146 valence electrons. The number of amidine groups is 1. The van der Waals surface area contributed by atoms with E-state index in [1.165, 1.54) is 0 Å². The topological polar surface area (TPSA) is 91.7 Å². The summed E-state index contributed by atoms with van der Waals surface area (Å²) in [4.78, 5) is 22.7. The summed E-state index contributed by atoms with van der Waals surface area (Å²) in [6, 6.07) is 17.5. The predicted molar refractivity (Wildman–Crippen MR) is 110 cm³/mol. The van der Waals surface area contributed by atoms with Crippen molar-refractivity contribution in [1.29, 1.82) is 0 Å². The Kier molecular flexibility index (Phi) is 4.85. The second-order valence-corrected chi connectivity index (χ2v) is 8.18. The molecule has 2 heterocycles. The molecule has 0 radical (unpaired) electrons. The summed E-state index contributed by atoms with van der Waals surface area (Å²) in [7, 11) is -1.83. The molecule has 0 saturated heterocycles. The highest BCUT2D eigenvalue weighted by Crippen LogP contribution is 2.23. The molecule has 3 aromatic rings. The highest BCUT2D eigenvalue weighted by Gasteiger charge is 2.29. The average molecular weight is 406 g/mol. The Labute approximate surface area is 168 Å². The van der Waals surface area contributed by atoms with Crippen LogP contribution in [0.4, 0.5) is 5.69 Å². The van der Waals surface area contributed by atoms with Crippen molar-refractivity contribution >= 4 is 27.5 Å². The van der Waals surface area contributed by atoms with Gasteiger partial charge in [0.2, 0.25) is 0 Å². The highest BCUT2D eigenvalue weighted by atomic mass is 32.2. The van der Waals surface area contributed by atoms with Crippen LogP contribution in [0, 0.1) is 0 Å². The van der Waals surface area contributed by atoms with Crippen molar-refractivity contribution in [2.45, 2.75) is 11.4 Å². The molecule has 0 atom stereocenters. The van der Waals surface area contributed by atoms with E-state index in [1.54, 1.807) is 60.7 Å². The molecule has 1 N–H and O–H groups in total. The van der Waals surface area contributed by atoms with Crippen molar-refractivity contribution in [2.75, 3.05) is 11.9 Å². The summed E-state index contributed by atoms with van der Waals surface area (Å²) >= 11 is 0. The third-order valence-electron chi connectivity index (χ3n) is 4.64. The van der Waals surface area contributed by atoms with Crippen molar-refractivity contribution in [1.82, 2.24) is 9.71 Å². The standard InChI is InChI=1S/C21H18N4O3S/c1-25(21(26)16-10-12-22-13-11-16)17-8-6-15(7-9-17)14-23-20-18-4-2-3-5-19(18)29(27,28)24-20/h2-13H,14H2,1H3,(H,23,24). The van der Waals surface area contributed by atoms with Crippen LogP contribution in [0.15, 0.2) is 82.9 Å². The lowest BCUT2D eigenvalue weighted by Crippen LogP contribution is -2.26. The molecule has 0 bridgehead atoms. The number of carbonyl (C=O) groups is 1. The summed E-state index contributed by atoms with van der Waals surface area (Å²) in [5, 5.41) is 0. The Hall–Kier alpha value is -3.52. The maximum absolute atomic E-state index is 12.5.